The number of esters is 1. The molecule has 7 heteroatoms. The number of carbonyl (C=O) groups excluding carboxylic acids is 2. The summed E-state index contributed by atoms with van der Waals surface area (Å²) in [4.78, 5) is 28.4. The van der Waals surface area contributed by atoms with Gasteiger partial charge in [0.15, 0.2) is 10.9 Å². The lowest BCUT2D eigenvalue weighted by atomic mass is 10.1. The average molecular weight is 415 g/mol. The van der Waals surface area contributed by atoms with Crippen molar-refractivity contribution in [3.8, 4) is 0 Å². The van der Waals surface area contributed by atoms with Crippen LogP contribution in [0.2, 0.25) is 0 Å². The van der Waals surface area contributed by atoms with Crippen molar-refractivity contribution >= 4 is 50.9 Å². The zero-order valence-electron chi connectivity index (χ0n) is 15.9. The minimum Gasteiger partial charge on any atom is -0.456 e. The number of hydrogen-bond acceptors (Lipinski definition) is 6. The van der Waals surface area contributed by atoms with Gasteiger partial charge in [-0.15, -0.1) is 11.3 Å². The highest BCUT2D eigenvalue weighted by atomic mass is 32.2. The third kappa shape index (κ3) is 5.81. The number of fused-ring (bicyclic) bond motifs is 1. The van der Waals surface area contributed by atoms with Crippen LogP contribution >= 0.6 is 23.1 Å². The zero-order chi connectivity index (χ0) is 19.9. The molecular formula is C21H22N2O3S2. The molecule has 0 atom stereocenters. The van der Waals surface area contributed by atoms with E-state index in [-0.39, 0.29) is 24.9 Å². The normalized spacial score (nSPS) is 10.8. The molecule has 0 aliphatic carbocycles. The number of ether oxygens (including phenoxy) is 1. The largest absolute Gasteiger partial charge is 0.456 e. The lowest BCUT2D eigenvalue weighted by Crippen LogP contribution is -2.21. The Balaban J connectivity index is 1.35. The highest BCUT2D eigenvalue weighted by Crippen LogP contribution is 2.29. The highest BCUT2D eigenvalue weighted by Gasteiger charge is 2.10. The third-order valence-corrected chi connectivity index (χ3v) is 6.32. The van der Waals surface area contributed by atoms with Crippen LogP contribution in [-0.4, -0.2) is 29.2 Å². The summed E-state index contributed by atoms with van der Waals surface area (Å²) in [6.07, 6.45) is 0.965. The molecule has 0 saturated carbocycles. The van der Waals surface area contributed by atoms with Gasteiger partial charge in [-0.3, -0.25) is 9.59 Å². The van der Waals surface area contributed by atoms with Crippen LogP contribution < -0.4 is 5.32 Å². The molecule has 1 aromatic heterocycles. The molecule has 146 valence electrons. The van der Waals surface area contributed by atoms with Crippen molar-refractivity contribution in [2.75, 3.05) is 17.7 Å². The van der Waals surface area contributed by atoms with E-state index in [4.69, 9.17) is 4.74 Å². The molecule has 0 spiro atoms. The van der Waals surface area contributed by atoms with Crippen molar-refractivity contribution < 1.29 is 14.3 Å². The highest BCUT2D eigenvalue weighted by molar-refractivity contribution is 8.01. The fourth-order valence-corrected chi connectivity index (χ4v) is 4.64. The monoisotopic (exact) mass is 414 g/mol. The number of aryl methyl sites for hydroxylation is 2. The molecule has 1 heterocycles. The first-order valence-electron chi connectivity index (χ1n) is 9.02. The van der Waals surface area contributed by atoms with Crippen molar-refractivity contribution in [3.05, 3.63) is 53.6 Å². The zero-order valence-corrected chi connectivity index (χ0v) is 17.5. The molecule has 0 saturated heterocycles. The Morgan fingerprint density at radius 2 is 2.00 bits per heavy atom. The maximum Gasteiger partial charge on any atom is 0.306 e. The SMILES string of the molecule is Cc1ccc(C)c(NC(=O)COC(=O)CCCSc2nc3ccccc3s2)c1. The summed E-state index contributed by atoms with van der Waals surface area (Å²) in [7, 11) is 0. The fraction of sp³-hybridized carbons (Fsp3) is 0.286. The van der Waals surface area contributed by atoms with Crippen LogP contribution in [-0.2, 0) is 14.3 Å². The Morgan fingerprint density at radius 3 is 2.82 bits per heavy atom. The number of thioether (sulfide) groups is 1. The molecule has 0 aliphatic heterocycles. The van der Waals surface area contributed by atoms with Crippen molar-refractivity contribution in [1.82, 2.24) is 4.98 Å². The van der Waals surface area contributed by atoms with Crippen LogP contribution in [0.5, 0.6) is 0 Å². The molecule has 0 bridgehead atoms. The molecule has 28 heavy (non-hydrogen) atoms. The van der Waals surface area contributed by atoms with Crippen LogP contribution in [0, 0.1) is 13.8 Å². The van der Waals surface area contributed by atoms with Gasteiger partial charge in [0.1, 0.15) is 0 Å². The standard InChI is InChI=1S/C21H22N2O3S2/c1-14-9-10-15(2)17(12-14)22-19(24)13-26-20(25)8-5-11-27-21-23-16-6-3-4-7-18(16)28-21/h3-4,6-7,9-10,12H,5,8,11,13H2,1-2H3,(H,22,24). The first kappa shape index (κ1) is 20.4. The lowest BCUT2D eigenvalue weighted by molar-refractivity contribution is -0.147. The van der Waals surface area contributed by atoms with Crippen LogP contribution in [0.1, 0.15) is 24.0 Å². The Labute approximate surface area is 172 Å². The Morgan fingerprint density at radius 1 is 1.18 bits per heavy atom. The summed E-state index contributed by atoms with van der Waals surface area (Å²) in [6.45, 7) is 3.61. The number of aromatic nitrogens is 1. The van der Waals surface area contributed by atoms with E-state index in [1.807, 2.05) is 50.2 Å². The first-order chi connectivity index (χ1) is 13.5. The molecule has 1 amide bonds. The molecule has 1 N–H and O–H groups in total. The summed E-state index contributed by atoms with van der Waals surface area (Å²) in [5.41, 5.74) is 3.78. The number of nitrogens with zero attached hydrogens (tertiary/aromatic N) is 1. The topological polar surface area (TPSA) is 68.3 Å². The number of carbonyl (C=O) groups is 2. The fourth-order valence-electron chi connectivity index (χ4n) is 2.56. The number of rotatable bonds is 8. The predicted octanol–water partition coefficient (Wildman–Crippen LogP) is 4.97. The molecule has 0 radical (unpaired) electrons. The Bertz CT molecular complexity index is 952. The van der Waals surface area contributed by atoms with E-state index in [1.165, 1.54) is 4.70 Å². The van der Waals surface area contributed by atoms with E-state index in [0.29, 0.717) is 6.42 Å². The molecule has 5 nitrogen and oxygen atoms in total. The smallest absolute Gasteiger partial charge is 0.306 e. The number of anilines is 1. The molecule has 0 unspecified atom stereocenters. The Hall–Kier alpha value is -2.38. The maximum atomic E-state index is 12.0. The van der Waals surface area contributed by atoms with Gasteiger partial charge in [0.25, 0.3) is 5.91 Å². The molecular weight excluding hydrogens is 392 g/mol. The van der Waals surface area contributed by atoms with Crippen molar-refractivity contribution in [3.63, 3.8) is 0 Å². The van der Waals surface area contributed by atoms with E-state index in [9.17, 15) is 9.59 Å². The summed E-state index contributed by atoms with van der Waals surface area (Å²) in [5.74, 6) is 0.0933. The van der Waals surface area contributed by atoms with Crippen molar-refractivity contribution in [2.24, 2.45) is 0 Å². The number of nitrogens with one attached hydrogen (secondary N) is 1. The van der Waals surface area contributed by atoms with Gasteiger partial charge >= 0.3 is 5.97 Å². The van der Waals surface area contributed by atoms with E-state index < -0.39 is 0 Å². The van der Waals surface area contributed by atoms with E-state index in [1.54, 1.807) is 23.1 Å². The van der Waals surface area contributed by atoms with Gasteiger partial charge in [-0.25, -0.2) is 4.98 Å². The molecule has 0 aliphatic rings. The molecule has 3 aromatic rings. The molecule has 0 fully saturated rings. The quantitative estimate of drug-likeness (QED) is 0.320. The number of benzene rings is 2. The second-order valence-corrected chi connectivity index (χ2v) is 8.80. The van der Waals surface area contributed by atoms with Gasteiger partial charge in [0, 0.05) is 17.9 Å². The van der Waals surface area contributed by atoms with Crippen LogP contribution in [0.25, 0.3) is 10.2 Å². The summed E-state index contributed by atoms with van der Waals surface area (Å²) < 4.78 is 7.24. The number of amides is 1. The van der Waals surface area contributed by atoms with Gasteiger partial charge in [0.2, 0.25) is 0 Å². The van der Waals surface area contributed by atoms with E-state index in [0.717, 1.165) is 32.4 Å². The van der Waals surface area contributed by atoms with Crippen LogP contribution in [0.4, 0.5) is 5.69 Å². The predicted molar refractivity (Wildman–Crippen MR) is 115 cm³/mol. The average Bonchev–Trinajstić information content (AvgIpc) is 3.09. The molecule has 3 rings (SSSR count). The van der Waals surface area contributed by atoms with Crippen molar-refractivity contribution in [1.29, 1.82) is 0 Å². The Kier molecular flexibility index (Phi) is 7.06. The maximum absolute atomic E-state index is 12.0. The summed E-state index contributed by atoms with van der Waals surface area (Å²) in [6, 6.07) is 13.9. The van der Waals surface area contributed by atoms with Gasteiger partial charge in [-0.2, -0.15) is 0 Å². The first-order valence-corrected chi connectivity index (χ1v) is 10.8. The number of thiazole rings is 1. The van der Waals surface area contributed by atoms with E-state index >= 15 is 0 Å². The van der Waals surface area contributed by atoms with Gasteiger partial charge in [-0.1, -0.05) is 36.0 Å². The summed E-state index contributed by atoms with van der Waals surface area (Å²) >= 11 is 3.29. The minimum atomic E-state index is -0.360. The van der Waals surface area contributed by atoms with Crippen LogP contribution in [0.15, 0.2) is 46.8 Å². The van der Waals surface area contributed by atoms with Gasteiger partial charge in [0.05, 0.1) is 10.2 Å². The molecule has 2 aromatic carbocycles. The van der Waals surface area contributed by atoms with Gasteiger partial charge < -0.3 is 10.1 Å². The number of para-hydroxylation sites is 1. The second kappa shape index (κ2) is 9.71. The van der Waals surface area contributed by atoms with Crippen molar-refractivity contribution in [2.45, 2.75) is 31.0 Å². The third-order valence-electron chi connectivity index (χ3n) is 4.06. The number of hydrogen-bond donors (Lipinski definition) is 1. The van der Waals surface area contributed by atoms with E-state index in [2.05, 4.69) is 16.4 Å². The lowest BCUT2D eigenvalue weighted by Gasteiger charge is -2.09. The van der Waals surface area contributed by atoms with Crippen LogP contribution in [0.3, 0.4) is 0 Å². The second-order valence-electron chi connectivity index (χ2n) is 6.43. The summed E-state index contributed by atoms with van der Waals surface area (Å²) in [5, 5.41) is 2.78. The minimum absolute atomic E-state index is 0.267. The van der Waals surface area contributed by atoms with Gasteiger partial charge in [-0.05, 0) is 49.6 Å².